The van der Waals surface area contributed by atoms with Gasteiger partial charge in [0.2, 0.25) is 11.8 Å². The van der Waals surface area contributed by atoms with Crippen LogP contribution in [0.1, 0.15) is 31.9 Å². The van der Waals surface area contributed by atoms with E-state index in [1.54, 1.807) is 4.90 Å². The molecule has 2 amide bonds. The molecule has 0 spiro atoms. The van der Waals surface area contributed by atoms with Crippen LogP contribution in [-0.2, 0) is 16.0 Å². The number of carbonyl (C=O) groups excluding carboxylic acids is 2. The van der Waals surface area contributed by atoms with E-state index in [0.29, 0.717) is 24.4 Å². The van der Waals surface area contributed by atoms with Gasteiger partial charge in [0.05, 0.1) is 12.1 Å². The molecule has 1 unspecified atom stereocenters. The maximum absolute atomic E-state index is 12.5. The second-order valence-electron chi connectivity index (χ2n) is 6.33. The molecule has 3 rings (SSSR count). The van der Waals surface area contributed by atoms with Gasteiger partial charge in [0.25, 0.3) is 0 Å². The van der Waals surface area contributed by atoms with Crippen LogP contribution in [0.3, 0.4) is 0 Å². The maximum atomic E-state index is 12.5. The van der Waals surface area contributed by atoms with Crippen LogP contribution in [0, 0.1) is 0 Å². The van der Waals surface area contributed by atoms with Crippen LogP contribution in [0.2, 0.25) is 0 Å². The number of amides is 2. The van der Waals surface area contributed by atoms with Crippen molar-refractivity contribution >= 4 is 11.8 Å². The summed E-state index contributed by atoms with van der Waals surface area (Å²) < 4.78 is 5.35. The Morgan fingerprint density at radius 1 is 1.32 bits per heavy atom. The van der Waals surface area contributed by atoms with Crippen molar-refractivity contribution in [2.45, 2.75) is 38.6 Å². The Morgan fingerprint density at radius 2 is 2.12 bits per heavy atom. The molecular formula is C19H23N3O3. The van der Waals surface area contributed by atoms with Crippen molar-refractivity contribution in [3.05, 3.63) is 42.1 Å². The van der Waals surface area contributed by atoms with Crippen LogP contribution in [0.4, 0.5) is 0 Å². The van der Waals surface area contributed by atoms with Crippen LogP contribution in [0.5, 0.6) is 0 Å². The highest BCUT2D eigenvalue weighted by Gasteiger charge is 2.25. The lowest BCUT2D eigenvalue weighted by Crippen LogP contribution is -2.49. The van der Waals surface area contributed by atoms with E-state index in [1.807, 2.05) is 43.3 Å². The van der Waals surface area contributed by atoms with Crippen molar-refractivity contribution < 1.29 is 14.1 Å². The molecule has 25 heavy (non-hydrogen) atoms. The average molecular weight is 341 g/mol. The zero-order valence-electron chi connectivity index (χ0n) is 14.4. The summed E-state index contributed by atoms with van der Waals surface area (Å²) in [7, 11) is 0. The van der Waals surface area contributed by atoms with Crippen LogP contribution in [0.25, 0.3) is 11.3 Å². The molecule has 6 nitrogen and oxygen atoms in total. The van der Waals surface area contributed by atoms with E-state index in [4.69, 9.17) is 4.52 Å². The Morgan fingerprint density at radius 3 is 2.88 bits per heavy atom. The van der Waals surface area contributed by atoms with Gasteiger partial charge >= 0.3 is 0 Å². The summed E-state index contributed by atoms with van der Waals surface area (Å²) in [6, 6.07) is 11.5. The van der Waals surface area contributed by atoms with Gasteiger partial charge in [0.1, 0.15) is 0 Å². The molecule has 1 aliphatic rings. The average Bonchev–Trinajstić information content (AvgIpc) is 3.11. The Balaban J connectivity index is 1.58. The standard InChI is InChI=1S/C19H23N3O3/c1-2-18(23)20-15-9-6-10-22(13-15)19(24)12-16-11-17(25-21-16)14-7-4-3-5-8-14/h3-5,7-8,11,15H,2,6,9-10,12-13H2,1H3,(H,20,23). The third kappa shape index (κ3) is 4.47. The highest BCUT2D eigenvalue weighted by atomic mass is 16.5. The smallest absolute Gasteiger partial charge is 0.228 e. The van der Waals surface area contributed by atoms with Crippen molar-refractivity contribution in [2.75, 3.05) is 13.1 Å². The number of rotatable bonds is 5. The van der Waals surface area contributed by atoms with Gasteiger partial charge in [-0.05, 0) is 12.8 Å². The third-order valence-corrected chi connectivity index (χ3v) is 4.41. The molecule has 0 saturated carbocycles. The number of hydrogen-bond donors (Lipinski definition) is 1. The Bertz CT molecular complexity index is 727. The molecule has 0 aliphatic carbocycles. The van der Waals surface area contributed by atoms with E-state index in [-0.39, 0.29) is 24.3 Å². The lowest BCUT2D eigenvalue weighted by Gasteiger charge is -2.33. The Kier molecular flexibility index (Phi) is 5.48. The zero-order valence-corrected chi connectivity index (χ0v) is 14.4. The molecule has 2 heterocycles. The van der Waals surface area contributed by atoms with Gasteiger partial charge < -0.3 is 14.7 Å². The molecule has 1 aromatic carbocycles. The van der Waals surface area contributed by atoms with E-state index in [2.05, 4.69) is 10.5 Å². The predicted molar refractivity (Wildman–Crippen MR) is 93.7 cm³/mol. The predicted octanol–water partition coefficient (Wildman–Crippen LogP) is 2.40. The number of nitrogens with one attached hydrogen (secondary N) is 1. The Labute approximate surface area is 147 Å². The van der Waals surface area contributed by atoms with Gasteiger partial charge in [-0.3, -0.25) is 9.59 Å². The minimum Gasteiger partial charge on any atom is -0.356 e. The van der Waals surface area contributed by atoms with Gasteiger partial charge in [0, 0.05) is 37.2 Å². The summed E-state index contributed by atoms with van der Waals surface area (Å²) >= 11 is 0. The molecule has 6 heteroatoms. The van der Waals surface area contributed by atoms with Gasteiger partial charge in [-0.25, -0.2) is 0 Å². The normalized spacial score (nSPS) is 17.3. The summed E-state index contributed by atoms with van der Waals surface area (Å²) in [5.41, 5.74) is 1.57. The molecule has 1 fully saturated rings. The number of hydrogen-bond acceptors (Lipinski definition) is 4. The number of likely N-dealkylation sites (tertiary alicyclic amines) is 1. The first-order valence-electron chi connectivity index (χ1n) is 8.74. The lowest BCUT2D eigenvalue weighted by molar-refractivity contribution is -0.133. The van der Waals surface area contributed by atoms with E-state index >= 15 is 0 Å². The first-order chi connectivity index (χ1) is 12.2. The highest BCUT2D eigenvalue weighted by Crippen LogP contribution is 2.20. The molecule has 0 radical (unpaired) electrons. The van der Waals surface area contributed by atoms with Crippen molar-refractivity contribution in [1.29, 1.82) is 0 Å². The molecular weight excluding hydrogens is 318 g/mol. The number of nitrogens with zero attached hydrogens (tertiary/aromatic N) is 2. The zero-order chi connectivity index (χ0) is 17.6. The molecule has 1 aliphatic heterocycles. The van der Waals surface area contributed by atoms with E-state index < -0.39 is 0 Å². The summed E-state index contributed by atoms with van der Waals surface area (Å²) in [5, 5.41) is 6.99. The van der Waals surface area contributed by atoms with E-state index in [0.717, 1.165) is 24.9 Å². The van der Waals surface area contributed by atoms with Crippen LogP contribution in [-0.4, -0.2) is 41.0 Å². The monoisotopic (exact) mass is 341 g/mol. The fourth-order valence-corrected chi connectivity index (χ4v) is 3.05. The molecule has 1 aromatic heterocycles. The van der Waals surface area contributed by atoms with Crippen molar-refractivity contribution in [2.24, 2.45) is 0 Å². The Hall–Kier alpha value is -2.63. The largest absolute Gasteiger partial charge is 0.356 e. The fourth-order valence-electron chi connectivity index (χ4n) is 3.05. The van der Waals surface area contributed by atoms with Gasteiger partial charge in [-0.15, -0.1) is 0 Å². The summed E-state index contributed by atoms with van der Waals surface area (Å²) in [6.07, 6.45) is 2.49. The number of aromatic nitrogens is 1. The molecule has 132 valence electrons. The second kappa shape index (κ2) is 7.96. The van der Waals surface area contributed by atoms with E-state index in [1.165, 1.54) is 0 Å². The molecule has 1 atom stereocenters. The van der Waals surface area contributed by atoms with Gasteiger partial charge in [-0.1, -0.05) is 42.4 Å². The lowest BCUT2D eigenvalue weighted by atomic mass is 10.0. The van der Waals surface area contributed by atoms with Gasteiger partial charge in [0.15, 0.2) is 5.76 Å². The molecule has 1 N–H and O–H groups in total. The highest BCUT2D eigenvalue weighted by molar-refractivity contribution is 5.79. The van der Waals surface area contributed by atoms with Crippen LogP contribution >= 0.6 is 0 Å². The first kappa shape index (κ1) is 17.2. The maximum Gasteiger partial charge on any atom is 0.228 e. The quantitative estimate of drug-likeness (QED) is 0.906. The SMILES string of the molecule is CCC(=O)NC1CCCN(C(=O)Cc2cc(-c3ccccc3)on2)C1. The topological polar surface area (TPSA) is 75.4 Å². The van der Waals surface area contributed by atoms with Crippen LogP contribution in [0.15, 0.2) is 40.9 Å². The van der Waals surface area contributed by atoms with E-state index in [9.17, 15) is 9.59 Å². The van der Waals surface area contributed by atoms with Crippen molar-refractivity contribution in [3.8, 4) is 11.3 Å². The minimum atomic E-state index is 0.0170. The number of carbonyl (C=O) groups is 2. The van der Waals surface area contributed by atoms with Gasteiger partial charge in [-0.2, -0.15) is 0 Å². The number of piperidine rings is 1. The first-order valence-corrected chi connectivity index (χ1v) is 8.74. The fraction of sp³-hybridized carbons (Fsp3) is 0.421. The van der Waals surface area contributed by atoms with Crippen LogP contribution < -0.4 is 5.32 Å². The summed E-state index contributed by atoms with van der Waals surface area (Å²) in [5.74, 6) is 0.710. The molecule has 0 bridgehead atoms. The summed E-state index contributed by atoms with van der Waals surface area (Å²) in [6.45, 7) is 3.12. The molecule has 1 saturated heterocycles. The van der Waals surface area contributed by atoms with Crippen molar-refractivity contribution in [1.82, 2.24) is 15.4 Å². The summed E-state index contributed by atoms with van der Waals surface area (Å²) in [4.78, 5) is 25.9. The third-order valence-electron chi connectivity index (χ3n) is 4.41. The molecule has 2 aromatic rings. The minimum absolute atomic E-state index is 0.0170. The second-order valence-corrected chi connectivity index (χ2v) is 6.33. The number of benzene rings is 1. The van der Waals surface area contributed by atoms with Crippen molar-refractivity contribution in [3.63, 3.8) is 0 Å².